The molecule has 0 saturated carbocycles. The molecule has 0 spiro atoms. The molecule has 0 radical (unpaired) electrons. The van der Waals surface area contributed by atoms with Crippen LogP contribution in [0.1, 0.15) is 18.1 Å². The van der Waals surface area contributed by atoms with Gasteiger partial charge in [0.05, 0.1) is 18.7 Å². The molecule has 0 saturated heterocycles. The van der Waals surface area contributed by atoms with Crippen LogP contribution in [0.5, 0.6) is 17.2 Å². The van der Waals surface area contributed by atoms with Crippen molar-refractivity contribution < 1.29 is 19.0 Å². The van der Waals surface area contributed by atoms with Crippen molar-refractivity contribution in [3.05, 3.63) is 52.0 Å². The van der Waals surface area contributed by atoms with E-state index in [2.05, 4.69) is 21.2 Å². The lowest BCUT2D eigenvalue weighted by atomic mass is 10.2. The van der Waals surface area contributed by atoms with Gasteiger partial charge in [0, 0.05) is 12.1 Å². The number of aryl methyl sites for hydroxylation is 1. The average Bonchev–Trinajstić information content (AvgIpc) is 2.61. The summed E-state index contributed by atoms with van der Waals surface area (Å²) in [6.45, 7) is 4.03. The number of ether oxygens (including phenoxy) is 3. The second-order valence-electron chi connectivity index (χ2n) is 5.59. The van der Waals surface area contributed by atoms with Crippen molar-refractivity contribution in [2.45, 2.75) is 26.5 Å². The quantitative estimate of drug-likeness (QED) is 0.756. The SMILES string of the molecule is COc1ccc(OC)c(CNC(=O)[C@H](C)Oc2ccc(C)cc2Br)c1. The normalized spacial score (nSPS) is 11.6. The van der Waals surface area contributed by atoms with Gasteiger partial charge in [-0.25, -0.2) is 0 Å². The molecule has 2 rings (SSSR count). The molecule has 2 aromatic rings. The second-order valence-corrected chi connectivity index (χ2v) is 6.44. The summed E-state index contributed by atoms with van der Waals surface area (Å²) < 4.78 is 17.1. The number of nitrogens with one attached hydrogen (secondary N) is 1. The van der Waals surface area contributed by atoms with E-state index in [0.29, 0.717) is 23.8 Å². The number of rotatable bonds is 7. The summed E-state index contributed by atoms with van der Waals surface area (Å²) in [6.07, 6.45) is -0.629. The average molecular weight is 408 g/mol. The van der Waals surface area contributed by atoms with Crippen LogP contribution in [-0.4, -0.2) is 26.2 Å². The molecule has 2 aromatic carbocycles. The molecule has 0 aliphatic carbocycles. The van der Waals surface area contributed by atoms with E-state index in [0.717, 1.165) is 15.6 Å². The van der Waals surface area contributed by atoms with Crippen molar-refractivity contribution in [3.8, 4) is 17.2 Å². The Labute approximate surface area is 156 Å². The molecule has 0 bridgehead atoms. The Balaban J connectivity index is 1.99. The molecule has 0 aromatic heterocycles. The van der Waals surface area contributed by atoms with Crippen molar-refractivity contribution in [2.24, 2.45) is 0 Å². The van der Waals surface area contributed by atoms with Crippen molar-refractivity contribution >= 4 is 21.8 Å². The Hall–Kier alpha value is -2.21. The van der Waals surface area contributed by atoms with Crippen LogP contribution in [0, 0.1) is 6.92 Å². The lowest BCUT2D eigenvalue weighted by Crippen LogP contribution is -2.36. The number of amides is 1. The first kappa shape index (κ1) is 19.1. The predicted molar refractivity (Wildman–Crippen MR) is 100 cm³/mol. The molecule has 0 fully saturated rings. The van der Waals surface area contributed by atoms with Crippen LogP contribution >= 0.6 is 15.9 Å². The highest BCUT2D eigenvalue weighted by molar-refractivity contribution is 9.10. The van der Waals surface area contributed by atoms with Gasteiger partial charge < -0.3 is 19.5 Å². The van der Waals surface area contributed by atoms with Gasteiger partial charge in [0.25, 0.3) is 5.91 Å². The van der Waals surface area contributed by atoms with Crippen LogP contribution in [0.3, 0.4) is 0 Å². The number of hydrogen-bond acceptors (Lipinski definition) is 4. The summed E-state index contributed by atoms with van der Waals surface area (Å²) in [5.41, 5.74) is 1.94. The first-order valence-corrected chi connectivity index (χ1v) is 8.65. The van der Waals surface area contributed by atoms with Crippen LogP contribution in [-0.2, 0) is 11.3 Å². The van der Waals surface area contributed by atoms with E-state index >= 15 is 0 Å². The third-order valence-electron chi connectivity index (χ3n) is 3.70. The Kier molecular flexibility index (Phi) is 6.70. The zero-order valence-electron chi connectivity index (χ0n) is 14.8. The van der Waals surface area contributed by atoms with Gasteiger partial charge in [0.2, 0.25) is 0 Å². The van der Waals surface area contributed by atoms with Gasteiger partial charge in [-0.2, -0.15) is 0 Å². The molecule has 0 aliphatic heterocycles. The zero-order chi connectivity index (χ0) is 18.4. The van der Waals surface area contributed by atoms with E-state index in [-0.39, 0.29) is 5.91 Å². The summed E-state index contributed by atoms with van der Waals surface area (Å²) in [4.78, 5) is 12.3. The molecule has 1 atom stereocenters. The fourth-order valence-electron chi connectivity index (χ4n) is 2.29. The van der Waals surface area contributed by atoms with E-state index in [1.165, 1.54) is 0 Å². The van der Waals surface area contributed by atoms with Gasteiger partial charge in [0.1, 0.15) is 17.2 Å². The smallest absolute Gasteiger partial charge is 0.261 e. The Morgan fingerprint density at radius 1 is 1.12 bits per heavy atom. The first-order valence-electron chi connectivity index (χ1n) is 7.86. The lowest BCUT2D eigenvalue weighted by Gasteiger charge is -2.17. The molecule has 5 nitrogen and oxygen atoms in total. The Bertz CT molecular complexity index is 748. The highest BCUT2D eigenvalue weighted by atomic mass is 79.9. The maximum Gasteiger partial charge on any atom is 0.261 e. The molecule has 0 heterocycles. The summed E-state index contributed by atoms with van der Waals surface area (Å²) in [5.74, 6) is 1.82. The van der Waals surface area contributed by atoms with Crippen molar-refractivity contribution in [1.29, 1.82) is 0 Å². The molecule has 1 N–H and O–H groups in total. The van der Waals surface area contributed by atoms with Crippen molar-refractivity contribution in [3.63, 3.8) is 0 Å². The van der Waals surface area contributed by atoms with Crippen LogP contribution in [0.25, 0.3) is 0 Å². The number of benzene rings is 2. The van der Waals surface area contributed by atoms with Crippen LogP contribution in [0.15, 0.2) is 40.9 Å². The van der Waals surface area contributed by atoms with E-state index in [1.54, 1.807) is 21.1 Å². The topological polar surface area (TPSA) is 56.8 Å². The zero-order valence-corrected chi connectivity index (χ0v) is 16.3. The van der Waals surface area contributed by atoms with Gasteiger partial charge >= 0.3 is 0 Å². The summed E-state index contributed by atoms with van der Waals surface area (Å²) in [6, 6.07) is 11.2. The number of carbonyl (C=O) groups is 1. The van der Waals surface area contributed by atoms with E-state index in [4.69, 9.17) is 14.2 Å². The van der Waals surface area contributed by atoms with Crippen LogP contribution in [0.2, 0.25) is 0 Å². The molecular formula is C19H22BrNO4. The molecular weight excluding hydrogens is 386 g/mol. The summed E-state index contributed by atoms with van der Waals surface area (Å²) in [5, 5.41) is 2.86. The van der Waals surface area contributed by atoms with Gasteiger partial charge in [-0.3, -0.25) is 4.79 Å². The minimum Gasteiger partial charge on any atom is -0.497 e. The summed E-state index contributed by atoms with van der Waals surface area (Å²) in [7, 11) is 3.19. The third kappa shape index (κ3) is 5.13. The largest absolute Gasteiger partial charge is 0.497 e. The minimum absolute atomic E-state index is 0.211. The van der Waals surface area contributed by atoms with Crippen molar-refractivity contribution in [2.75, 3.05) is 14.2 Å². The predicted octanol–water partition coefficient (Wildman–Crippen LogP) is 3.86. The first-order chi connectivity index (χ1) is 11.9. The second kappa shape index (κ2) is 8.76. The number of halogens is 1. The van der Waals surface area contributed by atoms with Gasteiger partial charge in [0.15, 0.2) is 6.10 Å². The Morgan fingerprint density at radius 2 is 1.84 bits per heavy atom. The Morgan fingerprint density at radius 3 is 2.48 bits per heavy atom. The number of hydrogen-bond donors (Lipinski definition) is 1. The minimum atomic E-state index is -0.629. The maximum atomic E-state index is 12.3. The van der Waals surface area contributed by atoms with Gasteiger partial charge in [-0.1, -0.05) is 6.07 Å². The lowest BCUT2D eigenvalue weighted by molar-refractivity contribution is -0.127. The van der Waals surface area contributed by atoms with E-state index in [1.807, 2.05) is 43.3 Å². The number of carbonyl (C=O) groups excluding carboxylic acids is 1. The molecule has 0 unspecified atom stereocenters. The fraction of sp³-hybridized carbons (Fsp3) is 0.316. The van der Waals surface area contributed by atoms with Gasteiger partial charge in [-0.15, -0.1) is 0 Å². The molecule has 0 aliphatic rings. The van der Waals surface area contributed by atoms with Crippen LogP contribution in [0.4, 0.5) is 0 Å². The highest BCUT2D eigenvalue weighted by Crippen LogP contribution is 2.27. The van der Waals surface area contributed by atoms with Gasteiger partial charge in [-0.05, 0) is 65.7 Å². The third-order valence-corrected chi connectivity index (χ3v) is 4.32. The van der Waals surface area contributed by atoms with E-state index in [9.17, 15) is 4.79 Å². The summed E-state index contributed by atoms with van der Waals surface area (Å²) >= 11 is 3.45. The van der Waals surface area contributed by atoms with E-state index < -0.39 is 6.10 Å². The highest BCUT2D eigenvalue weighted by Gasteiger charge is 2.16. The van der Waals surface area contributed by atoms with Crippen molar-refractivity contribution in [1.82, 2.24) is 5.32 Å². The molecule has 25 heavy (non-hydrogen) atoms. The number of methoxy groups -OCH3 is 2. The molecule has 134 valence electrons. The van der Waals surface area contributed by atoms with Crippen LogP contribution < -0.4 is 19.5 Å². The maximum absolute atomic E-state index is 12.3. The monoisotopic (exact) mass is 407 g/mol. The molecule has 1 amide bonds. The molecule has 6 heteroatoms. The standard InChI is InChI=1S/C19H22BrNO4/c1-12-5-7-18(16(20)9-12)25-13(2)19(22)21-11-14-10-15(23-3)6-8-17(14)24-4/h5-10,13H,11H2,1-4H3,(H,21,22)/t13-/m0/s1. The fourth-order valence-corrected chi connectivity index (χ4v) is 2.88.